The molecule has 8 heteroatoms. The molecule has 0 bridgehead atoms. The van der Waals surface area contributed by atoms with E-state index in [-0.39, 0.29) is 32.6 Å². The van der Waals surface area contributed by atoms with Crippen molar-refractivity contribution in [2.24, 2.45) is 0 Å². The average molecular weight is 427 g/mol. The molecule has 1 amide bonds. The summed E-state index contributed by atoms with van der Waals surface area (Å²) >= 11 is 12.1. The second-order valence-electron chi connectivity index (χ2n) is 6.70. The fourth-order valence-corrected chi connectivity index (χ4v) is 5.85. The Bertz CT molecular complexity index is 921. The Balaban J connectivity index is 1.78. The van der Waals surface area contributed by atoms with Gasteiger partial charge in [0.15, 0.2) is 9.84 Å². The van der Waals surface area contributed by atoms with E-state index in [0.717, 1.165) is 25.7 Å². The molecule has 1 aliphatic carbocycles. The smallest absolute Gasteiger partial charge is 0.253 e. The van der Waals surface area contributed by atoms with Crippen molar-refractivity contribution in [3.63, 3.8) is 0 Å². The first kappa shape index (κ1) is 20.1. The van der Waals surface area contributed by atoms with Crippen molar-refractivity contribution in [2.75, 3.05) is 0 Å². The number of pyridine rings is 1. The van der Waals surface area contributed by atoms with Crippen molar-refractivity contribution in [3.8, 4) is 0 Å². The van der Waals surface area contributed by atoms with Gasteiger partial charge < -0.3 is 5.32 Å². The van der Waals surface area contributed by atoms with Gasteiger partial charge >= 0.3 is 0 Å². The van der Waals surface area contributed by atoms with Crippen LogP contribution < -0.4 is 5.32 Å². The van der Waals surface area contributed by atoms with Gasteiger partial charge in [0.1, 0.15) is 4.90 Å². The average Bonchev–Trinajstić information content (AvgIpc) is 2.62. The lowest BCUT2D eigenvalue weighted by atomic mass is 9.95. The van der Waals surface area contributed by atoms with Crippen LogP contribution in [-0.2, 0) is 15.6 Å². The topological polar surface area (TPSA) is 76.1 Å². The highest BCUT2D eigenvalue weighted by Gasteiger charge is 2.23. The molecule has 1 aromatic heterocycles. The van der Waals surface area contributed by atoms with E-state index in [1.807, 2.05) is 0 Å². The van der Waals surface area contributed by atoms with Gasteiger partial charge in [0.25, 0.3) is 5.91 Å². The number of nitrogens with one attached hydrogen (secondary N) is 1. The molecule has 0 saturated heterocycles. The number of nitrogens with zero attached hydrogens (tertiary/aromatic N) is 1. The summed E-state index contributed by atoms with van der Waals surface area (Å²) in [7, 11) is -3.78. The molecule has 1 saturated carbocycles. The highest BCUT2D eigenvalue weighted by Crippen LogP contribution is 2.31. The third kappa shape index (κ3) is 5.00. The second-order valence-corrected chi connectivity index (χ2v) is 9.44. The van der Waals surface area contributed by atoms with Gasteiger partial charge in [0, 0.05) is 18.4 Å². The van der Waals surface area contributed by atoms with Crippen molar-refractivity contribution >= 4 is 38.9 Å². The van der Waals surface area contributed by atoms with Crippen LogP contribution in [0.15, 0.2) is 41.6 Å². The molecule has 1 aromatic carbocycles. The summed E-state index contributed by atoms with van der Waals surface area (Å²) in [5, 5.41) is 3.15. The number of hydrogen-bond acceptors (Lipinski definition) is 4. The van der Waals surface area contributed by atoms with E-state index >= 15 is 0 Å². The maximum Gasteiger partial charge on any atom is 0.253 e. The van der Waals surface area contributed by atoms with Gasteiger partial charge in [-0.2, -0.15) is 0 Å². The number of aromatic nitrogens is 1. The second kappa shape index (κ2) is 8.59. The first-order chi connectivity index (χ1) is 12.9. The highest BCUT2D eigenvalue weighted by molar-refractivity contribution is 7.90. The molecule has 1 heterocycles. The summed E-state index contributed by atoms with van der Waals surface area (Å²) < 4.78 is 25.5. The van der Waals surface area contributed by atoms with Crippen LogP contribution in [0.4, 0.5) is 0 Å². The summed E-state index contributed by atoms with van der Waals surface area (Å²) in [6.45, 7) is 0. The third-order valence-electron chi connectivity index (χ3n) is 4.58. The molecule has 0 atom stereocenters. The maximum atomic E-state index is 12.7. The molecule has 5 nitrogen and oxygen atoms in total. The number of sulfone groups is 1. The summed E-state index contributed by atoms with van der Waals surface area (Å²) in [6.07, 6.45) is 8.24. The Morgan fingerprint density at radius 1 is 1.11 bits per heavy atom. The Hall–Kier alpha value is -1.63. The molecule has 1 fully saturated rings. The van der Waals surface area contributed by atoms with E-state index in [1.165, 1.54) is 30.9 Å². The monoisotopic (exact) mass is 426 g/mol. The molecular formula is C19H20Cl2N2O3S. The zero-order valence-electron chi connectivity index (χ0n) is 14.6. The van der Waals surface area contributed by atoms with Gasteiger partial charge in [0.2, 0.25) is 0 Å². The van der Waals surface area contributed by atoms with Crippen LogP contribution >= 0.6 is 23.2 Å². The molecule has 27 heavy (non-hydrogen) atoms. The minimum absolute atomic E-state index is 0.0710. The quantitative estimate of drug-likeness (QED) is 0.766. The SMILES string of the molecule is O=C(NC1CCCCC1)c1cncc(CS(=O)(=O)c2c(Cl)cccc2Cl)c1. The minimum Gasteiger partial charge on any atom is -0.349 e. The van der Waals surface area contributed by atoms with Gasteiger partial charge in [-0.25, -0.2) is 8.42 Å². The summed E-state index contributed by atoms with van der Waals surface area (Å²) in [5.74, 6) is -0.571. The first-order valence-corrected chi connectivity index (χ1v) is 11.2. The number of hydrogen-bond donors (Lipinski definition) is 1. The van der Waals surface area contributed by atoms with Crippen molar-refractivity contribution in [3.05, 3.63) is 57.8 Å². The van der Waals surface area contributed by atoms with E-state index in [2.05, 4.69) is 10.3 Å². The lowest BCUT2D eigenvalue weighted by molar-refractivity contribution is 0.0927. The maximum absolute atomic E-state index is 12.7. The van der Waals surface area contributed by atoms with Crippen LogP contribution in [-0.4, -0.2) is 25.4 Å². The highest BCUT2D eigenvalue weighted by atomic mass is 35.5. The molecule has 3 rings (SSSR count). The van der Waals surface area contributed by atoms with Crippen molar-refractivity contribution in [1.29, 1.82) is 0 Å². The molecule has 0 radical (unpaired) electrons. The Labute approximate surface area is 169 Å². The molecule has 2 aromatic rings. The third-order valence-corrected chi connectivity index (χ3v) is 7.21. The van der Waals surface area contributed by atoms with Crippen LogP contribution in [0.2, 0.25) is 10.0 Å². The number of carbonyl (C=O) groups excluding carboxylic acids is 1. The summed E-state index contributed by atoms with van der Waals surface area (Å²) in [5.41, 5.74) is 0.751. The fraction of sp³-hybridized carbons (Fsp3) is 0.368. The van der Waals surface area contributed by atoms with Crippen molar-refractivity contribution < 1.29 is 13.2 Å². The van der Waals surface area contributed by atoms with Crippen LogP contribution in [0, 0.1) is 0 Å². The Morgan fingerprint density at radius 3 is 2.44 bits per heavy atom. The van der Waals surface area contributed by atoms with Gasteiger partial charge in [-0.15, -0.1) is 0 Å². The molecule has 1 N–H and O–H groups in total. The van der Waals surface area contributed by atoms with Crippen LogP contribution in [0.25, 0.3) is 0 Å². The van der Waals surface area contributed by atoms with Gasteiger partial charge in [-0.1, -0.05) is 48.5 Å². The normalized spacial score (nSPS) is 15.5. The number of carbonyl (C=O) groups is 1. The van der Waals surface area contributed by atoms with Gasteiger partial charge in [0.05, 0.1) is 21.4 Å². The predicted octanol–water partition coefficient (Wildman–Crippen LogP) is 4.42. The molecular weight excluding hydrogens is 407 g/mol. The standard InChI is InChI=1S/C19H20Cl2N2O3S/c20-16-7-4-8-17(21)18(16)27(25,26)12-13-9-14(11-22-10-13)19(24)23-15-5-2-1-3-6-15/h4,7-11,15H,1-3,5-6,12H2,(H,23,24). The van der Waals surface area contributed by atoms with Crippen LogP contribution in [0.1, 0.15) is 48.0 Å². The van der Waals surface area contributed by atoms with E-state index in [0.29, 0.717) is 11.1 Å². The van der Waals surface area contributed by atoms with Gasteiger partial charge in [-0.05, 0) is 36.6 Å². The molecule has 0 unspecified atom stereocenters. The lowest BCUT2D eigenvalue weighted by Gasteiger charge is -2.22. The number of benzene rings is 1. The summed E-state index contributed by atoms with van der Waals surface area (Å²) in [6, 6.07) is 6.26. The van der Waals surface area contributed by atoms with E-state index in [9.17, 15) is 13.2 Å². The van der Waals surface area contributed by atoms with E-state index < -0.39 is 9.84 Å². The fourth-order valence-electron chi connectivity index (χ4n) is 3.28. The predicted molar refractivity (Wildman–Crippen MR) is 106 cm³/mol. The number of amides is 1. The van der Waals surface area contributed by atoms with Crippen molar-refractivity contribution in [2.45, 2.75) is 48.8 Å². The largest absolute Gasteiger partial charge is 0.349 e. The Morgan fingerprint density at radius 2 is 1.78 bits per heavy atom. The lowest BCUT2D eigenvalue weighted by Crippen LogP contribution is -2.36. The number of rotatable bonds is 5. The number of halogens is 2. The molecule has 1 aliphatic rings. The van der Waals surface area contributed by atoms with Crippen LogP contribution in [0.5, 0.6) is 0 Å². The van der Waals surface area contributed by atoms with E-state index in [4.69, 9.17) is 23.2 Å². The zero-order chi connectivity index (χ0) is 19.4. The van der Waals surface area contributed by atoms with Crippen LogP contribution in [0.3, 0.4) is 0 Å². The van der Waals surface area contributed by atoms with E-state index in [1.54, 1.807) is 12.1 Å². The Kier molecular flexibility index (Phi) is 6.40. The molecule has 0 spiro atoms. The molecule has 144 valence electrons. The zero-order valence-corrected chi connectivity index (χ0v) is 16.9. The molecule has 0 aliphatic heterocycles. The van der Waals surface area contributed by atoms with Crippen molar-refractivity contribution in [1.82, 2.24) is 10.3 Å². The first-order valence-electron chi connectivity index (χ1n) is 8.78. The minimum atomic E-state index is -3.78. The summed E-state index contributed by atoms with van der Waals surface area (Å²) in [4.78, 5) is 16.4. The van der Waals surface area contributed by atoms with Gasteiger partial charge in [-0.3, -0.25) is 9.78 Å².